The van der Waals surface area contributed by atoms with E-state index in [0.717, 1.165) is 19.0 Å². The maximum Gasteiger partial charge on any atom is 0.0307 e. The van der Waals surface area contributed by atoms with Gasteiger partial charge in [-0.1, -0.05) is 48.6 Å². The standard InChI is InChI=1S/C18H30N2/c1-14-11-15(2)13-16(12-14)18(19)9-10-20(3)17-7-5-4-6-8-17/h11-13,17-18H,4-10,19H2,1-3H3. The second-order valence-electron chi connectivity index (χ2n) is 6.59. The van der Waals surface area contributed by atoms with Crippen molar-refractivity contribution in [3.8, 4) is 0 Å². The molecule has 1 fully saturated rings. The number of aryl methyl sites for hydroxylation is 2. The highest BCUT2D eigenvalue weighted by atomic mass is 15.1. The van der Waals surface area contributed by atoms with Crippen molar-refractivity contribution in [1.82, 2.24) is 4.90 Å². The van der Waals surface area contributed by atoms with E-state index in [1.165, 1.54) is 48.8 Å². The molecule has 1 aromatic carbocycles. The van der Waals surface area contributed by atoms with E-state index in [9.17, 15) is 0 Å². The van der Waals surface area contributed by atoms with Crippen LogP contribution in [0.25, 0.3) is 0 Å². The SMILES string of the molecule is Cc1cc(C)cc(C(N)CCN(C)C2CCCCC2)c1. The van der Waals surface area contributed by atoms with Crippen molar-refractivity contribution < 1.29 is 0 Å². The topological polar surface area (TPSA) is 29.3 Å². The summed E-state index contributed by atoms with van der Waals surface area (Å²) in [6.07, 6.45) is 8.02. The summed E-state index contributed by atoms with van der Waals surface area (Å²) in [5.74, 6) is 0. The first-order chi connectivity index (χ1) is 9.56. The molecule has 2 nitrogen and oxygen atoms in total. The Morgan fingerprint density at radius 3 is 2.30 bits per heavy atom. The molecule has 1 aromatic rings. The zero-order chi connectivity index (χ0) is 14.5. The molecular weight excluding hydrogens is 244 g/mol. The molecule has 1 saturated carbocycles. The second kappa shape index (κ2) is 7.24. The fraction of sp³-hybridized carbons (Fsp3) is 0.667. The van der Waals surface area contributed by atoms with E-state index >= 15 is 0 Å². The lowest BCUT2D eigenvalue weighted by atomic mass is 9.94. The molecule has 0 amide bonds. The molecular formula is C18H30N2. The van der Waals surface area contributed by atoms with Crippen molar-refractivity contribution in [2.45, 2.75) is 64.5 Å². The normalized spacial score (nSPS) is 18.4. The summed E-state index contributed by atoms with van der Waals surface area (Å²) in [5, 5.41) is 0. The van der Waals surface area contributed by atoms with Gasteiger partial charge in [0.25, 0.3) is 0 Å². The van der Waals surface area contributed by atoms with Gasteiger partial charge in [-0.3, -0.25) is 0 Å². The van der Waals surface area contributed by atoms with Gasteiger partial charge in [0, 0.05) is 12.1 Å². The van der Waals surface area contributed by atoms with Gasteiger partial charge in [0.15, 0.2) is 0 Å². The van der Waals surface area contributed by atoms with Crippen LogP contribution in [0, 0.1) is 13.8 Å². The first-order valence-electron chi connectivity index (χ1n) is 8.10. The fourth-order valence-corrected chi connectivity index (χ4v) is 3.44. The smallest absolute Gasteiger partial charge is 0.0307 e. The number of hydrogen-bond donors (Lipinski definition) is 1. The Morgan fingerprint density at radius 1 is 1.10 bits per heavy atom. The molecule has 1 aliphatic rings. The van der Waals surface area contributed by atoms with E-state index in [4.69, 9.17) is 5.73 Å². The summed E-state index contributed by atoms with van der Waals surface area (Å²) in [4.78, 5) is 2.53. The van der Waals surface area contributed by atoms with Crippen LogP contribution in [-0.4, -0.2) is 24.5 Å². The lowest BCUT2D eigenvalue weighted by molar-refractivity contribution is 0.186. The van der Waals surface area contributed by atoms with Crippen LogP contribution in [0.5, 0.6) is 0 Å². The van der Waals surface area contributed by atoms with E-state index in [0.29, 0.717) is 0 Å². The average molecular weight is 274 g/mol. The molecule has 2 N–H and O–H groups in total. The minimum absolute atomic E-state index is 0.166. The maximum atomic E-state index is 6.38. The number of hydrogen-bond acceptors (Lipinski definition) is 2. The summed E-state index contributed by atoms with van der Waals surface area (Å²) < 4.78 is 0. The third-order valence-electron chi connectivity index (χ3n) is 4.66. The average Bonchev–Trinajstić information content (AvgIpc) is 2.44. The molecule has 0 heterocycles. The number of nitrogens with zero attached hydrogens (tertiary/aromatic N) is 1. The molecule has 112 valence electrons. The highest BCUT2D eigenvalue weighted by Gasteiger charge is 2.18. The third kappa shape index (κ3) is 4.32. The number of benzene rings is 1. The van der Waals surface area contributed by atoms with Gasteiger partial charge < -0.3 is 10.6 Å². The minimum Gasteiger partial charge on any atom is -0.324 e. The van der Waals surface area contributed by atoms with Gasteiger partial charge in [0.05, 0.1) is 0 Å². The van der Waals surface area contributed by atoms with Crippen molar-refractivity contribution in [1.29, 1.82) is 0 Å². The maximum absolute atomic E-state index is 6.38. The van der Waals surface area contributed by atoms with Crippen molar-refractivity contribution >= 4 is 0 Å². The van der Waals surface area contributed by atoms with Crippen LogP contribution in [0.1, 0.15) is 61.3 Å². The molecule has 2 heteroatoms. The van der Waals surface area contributed by atoms with E-state index in [1.54, 1.807) is 0 Å². The predicted octanol–water partition coefficient (Wildman–Crippen LogP) is 3.96. The first kappa shape index (κ1) is 15.5. The summed E-state index contributed by atoms with van der Waals surface area (Å²) >= 11 is 0. The van der Waals surface area contributed by atoms with Gasteiger partial charge in [-0.15, -0.1) is 0 Å². The van der Waals surface area contributed by atoms with Crippen molar-refractivity contribution in [3.05, 3.63) is 34.9 Å². The van der Waals surface area contributed by atoms with Gasteiger partial charge in [-0.2, -0.15) is 0 Å². The Bertz CT molecular complexity index is 401. The van der Waals surface area contributed by atoms with Crippen LogP contribution in [-0.2, 0) is 0 Å². The quantitative estimate of drug-likeness (QED) is 0.880. The summed E-state index contributed by atoms with van der Waals surface area (Å²) in [6, 6.07) is 7.64. The van der Waals surface area contributed by atoms with Gasteiger partial charge in [-0.05, 0) is 52.3 Å². The Balaban J connectivity index is 1.86. The number of nitrogens with two attached hydrogens (primary N) is 1. The Hall–Kier alpha value is -0.860. The Morgan fingerprint density at radius 2 is 1.70 bits per heavy atom. The first-order valence-corrected chi connectivity index (χ1v) is 8.10. The number of rotatable bonds is 5. The fourth-order valence-electron chi connectivity index (χ4n) is 3.44. The Labute approximate surface area is 124 Å². The third-order valence-corrected chi connectivity index (χ3v) is 4.66. The molecule has 0 bridgehead atoms. The van der Waals surface area contributed by atoms with Crippen LogP contribution in [0.15, 0.2) is 18.2 Å². The lowest BCUT2D eigenvalue weighted by Crippen LogP contribution is -2.35. The summed E-state index contributed by atoms with van der Waals surface area (Å²) in [7, 11) is 2.27. The van der Waals surface area contributed by atoms with E-state index < -0.39 is 0 Å². The molecule has 0 saturated heterocycles. The monoisotopic (exact) mass is 274 g/mol. The van der Waals surface area contributed by atoms with E-state index in [1.807, 2.05) is 0 Å². The molecule has 20 heavy (non-hydrogen) atoms. The predicted molar refractivity (Wildman–Crippen MR) is 87.0 cm³/mol. The van der Waals surface area contributed by atoms with Crippen LogP contribution >= 0.6 is 0 Å². The molecule has 1 atom stereocenters. The zero-order valence-corrected chi connectivity index (χ0v) is 13.4. The molecule has 0 radical (unpaired) electrons. The molecule has 0 aromatic heterocycles. The second-order valence-corrected chi connectivity index (χ2v) is 6.59. The van der Waals surface area contributed by atoms with Crippen molar-refractivity contribution in [3.63, 3.8) is 0 Å². The molecule has 1 aliphatic carbocycles. The van der Waals surface area contributed by atoms with Crippen LogP contribution in [0.3, 0.4) is 0 Å². The van der Waals surface area contributed by atoms with Crippen molar-refractivity contribution in [2.75, 3.05) is 13.6 Å². The van der Waals surface area contributed by atoms with Crippen LogP contribution in [0.2, 0.25) is 0 Å². The van der Waals surface area contributed by atoms with Gasteiger partial charge >= 0.3 is 0 Å². The minimum atomic E-state index is 0.166. The molecule has 0 aliphatic heterocycles. The highest BCUT2D eigenvalue weighted by molar-refractivity contribution is 5.30. The van der Waals surface area contributed by atoms with Gasteiger partial charge in [0.1, 0.15) is 0 Å². The van der Waals surface area contributed by atoms with Gasteiger partial charge in [0.2, 0.25) is 0 Å². The van der Waals surface area contributed by atoms with E-state index in [-0.39, 0.29) is 6.04 Å². The van der Waals surface area contributed by atoms with Crippen LogP contribution < -0.4 is 5.73 Å². The van der Waals surface area contributed by atoms with Crippen LogP contribution in [0.4, 0.5) is 0 Å². The molecule has 2 rings (SSSR count). The largest absolute Gasteiger partial charge is 0.324 e. The molecule has 1 unspecified atom stereocenters. The van der Waals surface area contributed by atoms with Gasteiger partial charge in [-0.25, -0.2) is 0 Å². The highest BCUT2D eigenvalue weighted by Crippen LogP contribution is 2.23. The van der Waals surface area contributed by atoms with Crippen molar-refractivity contribution in [2.24, 2.45) is 5.73 Å². The zero-order valence-electron chi connectivity index (χ0n) is 13.4. The van der Waals surface area contributed by atoms with E-state index in [2.05, 4.69) is 44.0 Å². The Kier molecular flexibility index (Phi) is 5.62. The molecule has 0 spiro atoms. The summed E-state index contributed by atoms with van der Waals surface area (Å²) in [5.41, 5.74) is 10.3. The summed E-state index contributed by atoms with van der Waals surface area (Å²) in [6.45, 7) is 5.41. The lowest BCUT2D eigenvalue weighted by Gasteiger charge is -2.31.